The molecule has 0 aliphatic carbocycles. The van der Waals surface area contributed by atoms with E-state index in [1.165, 1.54) is 37.1 Å². The number of likely N-dealkylation sites (tertiary alicyclic amines) is 1. The van der Waals surface area contributed by atoms with Gasteiger partial charge in [0.25, 0.3) is 0 Å². The predicted octanol–water partition coefficient (Wildman–Crippen LogP) is 2.63. The molecule has 1 aromatic rings. The third kappa shape index (κ3) is 3.06. The zero-order chi connectivity index (χ0) is 11.4. The lowest BCUT2D eigenvalue weighted by Gasteiger charge is -2.16. The molecule has 1 aliphatic rings. The second-order valence-electron chi connectivity index (χ2n) is 4.75. The summed E-state index contributed by atoms with van der Waals surface area (Å²) in [5.41, 5.74) is 2.97. The van der Waals surface area contributed by atoms with E-state index < -0.39 is 0 Å². The van der Waals surface area contributed by atoms with Crippen molar-refractivity contribution in [3.8, 4) is 0 Å². The van der Waals surface area contributed by atoms with Gasteiger partial charge in [-0.25, -0.2) is 0 Å². The fraction of sp³-hybridized carbons (Fsp3) is 0.692. The molecule has 0 bridgehead atoms. The van der Waals surface area contributed by atoms with Crippen LogP contribution in [0, 0.1) is 6.92 Å². The number of hydrogen-bond acceptors (Lipinski definition) is 3. The molecule has 1 aromatic heterocycles. The quantitative estimate of drug-likeness (QED) is 0.848. The first-order valence-electron chi connectivity index (χ1n) is 6.27. The minimum atomic E-state index is 0.721. The number of thiophene rings is 1. The summed E-state index contributed by atoms with van der Waals surface area (Å²) in [5.74, 6) is 0. The van der Waals surface area contributed by atoms with Crippen molar-refractivity contribution in [2.75, 3.05) is 19.6 Å². The van der Waals surface area contributed by atoms with Crippen molar-refractivity contribution in [3.05, 3.63) is 21.9 Å². The Kier molecular flexibility index (Phi) is 4.38. The Labute approximate surface area is 103 Å². The van der Waals surface area contributed by atoms with E-state index in [9.17, 15) is 0 Å². The molecule has 1 fully saturated rings. The van der Waals surface area contributed by atoms with Crippen molar-refractivity contribution in [2.45, 2.75) is 39.3 Å². The molecular weight excluding hydrogens is 216 g/mol. The zero-order valence-electron chi connectivity index (χ0n) is 10.3. The summed E-state index contributed by atoms with van der Waals surface area (Å²) in [6, 6.07) is 0.721. The molecule has 1 unspecified atom stereocenters. The van der Waals surface area contributed by atoms with Gasteiger partial charge in [-0.2, -0.15) is 11.3 Å². The van der Waals surface area contributed by atoms with Crippen LogP contribution < -0.4 is 5.32 Å². The maximum Gasteiger partial charge on any atom is 0.0245 e. The molecule has 2 nitrogen and oxygen atoms in total. The largest absolute Gasteiger partial charge is 0.313 e. The Morgan fingerprint density at radius 1 is 1.50 bits per heavy atom. The Bertz CT molecular complexity index is 321. The molecule has 0 aromatic carbocycles. The second kappa shape index (κ2) is 5.80. The van der Waals surface area contributed by atoms with Crippen LogP contribution in [-0.2, 0) is 6.54 Å². The molecule has 0 saturated carbocycles. The van der Waals surface area contributed by atoms with Crippen LogP contribution in [-0.4, -0.2) is 30.6 Å². The average molecular weight is 238 g/mol. The van der Waals surface area contributed by atoms with E-state index in [1.54, 1.807) is 0 Å². The van der Waals surface area contributed by atoms with Crippen LogP contribution in [0.25, 0.3) is 0 Å². The topological polar surface area (TPSA) is 15.3 Å². The third-order valence-corrected chi connectivity index (χ3v) is 4.22. The standard InChI is InChI=1S/C13H22N2S/c1-3-5-14-13-4-6-15(8-13)7-12-10-16-9-11(12)2/h9-10,13-14H,3-8H2,1-2H3. The van der Waals surface area contributed by atoms with Gasteiger partial charge in [-0.05, 0) is 48.2 Å². The van der Waals surface area contributed by atoms with Gasteiger partial charge in [0.15, 0.2) is 0 Å². The van der Waals surface area contributed by atoms with Gasteiger partial charge in [0.1, 0.15) is 0 Å². The van der Waals surface area contributed by atoms with Gasteiger partial charge in [-0.3, -0.25) is 4.90 Å². The molecular formula is C13H22N2S. The highest BCUT2D eigenvalue weighted by molar-refractivity contribution is 7.08. The van der Waals surface area contributed by atoms with Crippen LogP contribution in [0.2, 0.25) is 0 Å². The summed E-state index contributed by atoms with van der Waals surface area (Å²) in [5, 5.41) is 8.16. The minimum absolute atomic E-state index is 0.721. The Balaban J connectivity index is 1.79. The highest BCUT2D eigenvalue weighted by Gasteiger charge is 2.21. The zero-order valence-corrected chi connectivity index (χ0v) is 11.1. The molecule has 1 aliphatic heterocycles. The van der Waals surface area contributed by atoms with Crippen LogP contribution in [0.3, 0.4) is 0 Å². The molecule has 0 amide bonds. The molecule has 2 heterocycles. The number of rotatable bonds is 5. The first kappa shape index (κ1) is 12.1. The summed E-state index contributed by atoms with van der Waals surface area (Å²) in [6.45, 7) is 9.21. The second-order valence-corrected chi connectivity index (χ2v) is 5.50. The number of nitrogens with one attached hydrogen (secondary N) is 1. The van der Waals surface area contributed by atoms with E-state index in [2.05, 4.69) is 34.8 Å². The first-order valence-corrected chi connectivity index (χ1v) is 7.21. The van der Waals surface area contributed by atoms with Crippen molar-refractivity contribution < 1.29 is 0 Å². The van der Waals surface area contributed by atoms with Gasteiger partial charge < -0.3 is 5.32 Å². The van der Waals surface area contributed by atoms with Crippen LogP contribution in [0.5, 0.6) is 0 Å². The maximum absolute atomic E-state index is 3.62. The van der Waals surface area contributed by atoms with Gasteiger partial charge in [0.2, 0.25) is 0 Å². The van der Waals surface area contributed by atoms with Crippen molar-refractivity contribution in [1.82, 2.24) is 10.2 Å². The summed E-state index contributed by atoms with van der Waals surface area (Å²) < 4.78 is 0. The lowest BCUT2D eigenvalue weighted by molar-refractivity contribution is 0.320. The Morgan fingerprint density at radius 2 is 2.38 bits per heavy atom. The summed E-state index contributed by atoms with van der Waals surface area (Å²) in [7, 11) is 0. The highest BCUT2D eigenvalue weighted by Crippen LogP contribution is 2.19. The van der Waals surface area contributed by atoms with Crippen LogP contribution in [0.4, 0.5) is 0 Å². The molecule has 1 atom stereocenters. The van der Waals surface area contributed by atoms with Crippen molar-refractivity contribution >= 4 is 11.3 Å². The van der Waals surface area contributed by atoms with Crippen molar-refractivity contribution in [1.29, 1.82) is 0 Å². The summed E-state index contributed by atoms with van der Waals surface area (Å²) in [4.78, 5) is 2.57. The van der Waals surface area contributed by atoms with Gasteiger partial charge in [-0.15, -0.1) is 0 Å². The molecule has 0 radical (unpaired) electrons. The van der Waals surface area contributed by atoms with Crippen molar-refractivity contribution in [2.24, 2.45) is 0 Å². The normalized spacial score (nSPS) is 21.8. The van der Waals surface area contributed by atoms with Gasteiger partial charge in [0, 0.05) is 25.7 Å². The maximum atomic E-state index is 3.62. The molecule has 1 N–H and O–H groups in total. The van der Waals surface area contributed by atoms with E-state index >= 15 is 0 Å². The number of hydrogen-bond donors (Lipinski definition) is 1. The van der Waals surface area contributed by atoms with Gasteiger partial charge in [-0.1, -0.05) is 6.92 Å². The summed E-state index contributed by atoms with van der Waals surface area (Å²) >= 11 is 1.82. The Morgan fingerprint density at radius 3 is 3.06 bits per heavy atom. The molecule has 1 saturated heterocycles. The molecule has 0 spiro atoms. The van der Waals surface area contributed by atoms with Crippen LogP contribution in [0.15, 0.2) is 10.8 Å². The first-order chi connectivity index (χ1) is 7.79. The number of nitrogens with zero attached hydrogens (tertiary/aromatic N) is 1. The van der Waals surface area contributed by atoms with E-state index in [0.717, 1.165) is 19.1 Å². The van der Waals surface area contributed by atoms with Crippen LogP contribution >= 0.6 is 11.3 Å². The number of aryl methyl sites for hydroxylation is 1. The highest BCUT2D eigenvalue weighted by atomic mass is 32.1. The van der Waals surface area contributed by atoms with E-state index in [-0.39, 0.29) is 0 Å². The van der Waals surface area contributed by atoms with E-state index in [0.29, 0.717) is 0 Å². The van der Waals surface area contributed by atoms with Gasteiger partial charge >= 0.3 is 0 Å². The summed E-state index contributed by atoms with van der Waals surface area (Å²) in [6.07, 6.45) is 2.54. The van der Waals surface area contributed by atoms with E-state index in [4.69, 9.17) is 0 Å². The molecule has 90 valence electrons. The lowest BCUT2D eigenvalue weighted by atomic mass is 10.2. The SMILES string of the molecule is CCCNC1CCN(Cc2cscc2C)C1. The smallest absolute Gasteiger partial charge is 0.0245 e. The third-order valence-electron chi connectivity index (χ3n) is 3.31. The fourth-order valence-electron chi connectivity index (χ4n) is 2.28. The Hall–Kier alpha value is -0.380. The monoisotopic (exact) mass is 238 g/mol. The lowest BCUT2D eigenvalue weighted by Crippen LogP contribution is -2.32. The van der Waals surface area contributed by atoms with E-state index in [1.807, 2.05) is 11.3 Å². The molecule has 16 heavy (non-hydrogen) atoms. The van der Waals surface area contributed by atoms with Crippen molar-refractivity contribution in [3.63, 3.8) is 0 Å². The molecule has 3 heteroatoms. The molecule has 2 rings (SSSR count). The minimum Gasteiger partial charge on any atom is -0.313 e. The predicted molar refractivity (Wildman–Crippen MR) is 71.0 cm³/mol. The van der Waals surface area contributed by atoms with Crippen LogP contribution in [0.1, 0.15) is 30.9 Å². The fourth-order valence-corrected chi connectivity index (χ4v) is 3.13. The van der Waals surface area contributed by atoms with Gasteiger partial charge in [0.05, 0.1) is 0 Å². The average Bonchev–Trinajstić information content (AvgIpc) is 2.87.